The number of halogens is 6. The summed E-state index contributed by atoms with van der Waals surface area (Å²) in [5.41, 5.74) is 16.8. The highest BCUT2D eigenvalue weighted by atomic mass is 127. The zero-order chi connectivity index (χ0) is 84.4. The fourth-order valence-electron chi connectivity index (χ4n) is 15.8. The van der Waals surface area contributed by atoms with Crippen molar-refractivity contribution in [3.8, 4) is 89.0 Å². The molecule has 2 N–H and O–H groups in total. The second-order valence-electron chi connectivity index (χ2n) is 31.9. The Morgan fingerprint density at radius 2 is 0.810 bits per heavy atom. The molecule has 121 heavy (non-hydrogen) atoms. The molecule has 3 fully saturated rings. The third kappa shape index (κ3) is 19.9. The lowest BCUT2D eigenvalue weighted by Crippen LogP contribution is -2.42. The molecule has 1 amide bonds. The first-order valence-corrected chi connectivity index (χ1v) is 46.0. The maximum Gasteiger partial charge on any atom is 0.410 e. The SMILES string of the molecule is CC(C)(C)OC(=O)N1CCC(n2cc(-c3ccc4c(-c5cc(CS(C)(=O)=O)cc(-c6ccc(F)cc6F)c5)cnn4c3)cn2)CC1.CS(=O)(=O)Cc1cc(-c2ccc(F)cc2F)cc(-c2cnn3cc(-c4cnn(C5CCNCC5)c4)ccc23)c1.Ic1cnn2cc(-c3cn[nH]c3)ccc12.Ic1cnn2cc(-c3cnn(C4CCCCC4)c3)ccc12. The third-order valence-corrected chi connectivity index (χ3v) is 25.1. The van der Waals surface area contributed by atoms with Crippen molar-refractivity contribution < 1.29 is 43.9 Å². The van der Waals surface area contributed by atoms with E-state index in [9.17, 15) is 39.2 Å². The number of hydrogen-bond acceptors (Lipinski definition) is 15. The maximum atomic E-state index is 14.8. The van der Waals surface area contributed by atoms with Crippen LogP contribution in [0, 0.1) is 30.4 Å². The van der Waals surface area contributed by atoms with E-state index in [2.05, 4.69) is 144 Å². The number of H-pyrrole nitrogens is 1. The smallest absolute Gasteiger partial charge is 0.410 e. The molecule has 622 valence electrons. The summed E-state index contributed by atoms with van der Waals surface area (Å²) >= 11 is 4.59. The Kier molecular flexibility index (Phi) is 24.5. The number of piperidine rings is 2. The van der Waals surface area contributed by atoms with E-state index < -0.39 is 48.5 Å². The largest absolute Gasteiger partial charge is 0.444 e. The molecule has 2 saturated heterocycles. The van der Waals surface area contributed by atoms with Crippen molar-refractivity contribution >= 4 is 93.0 Å². The molecule has 2 aliphatic heterocycles. The van der Waals surface area contributed by atoms with Crippen molar-refractivity contribution in [2.45, 2.75) is 114 Å². The van der Waals surface area contributed by atoms with E-state index in [1.54, 1.807) is 68.9 Å². The summed E-state index contributed by atoms with van der Waals surface area (Å²) < 4.78 is 126. The molecule has 0 atom stereocenters. The topological polar surface area (TPSA) is 261 Å². The second kappa shape index (κ2) is 35.5. The number of nitrogens with zero attached hydrogens (tertiary/aromatic N) is 16. The van der Waals surface area contributed by atoms with Crippen LogP contribution in [-0.2, 0) is 35.9 Å². The van der Waals surface area contributed by atoms with Crippen molar-refractivity contribution in [3.05, 3.63) is 262 Å². The predicted molar refractivity (Wildman–Crippen MR) is 475 cm³/mol. The fourth-order valence-corrected chi connectivity index (χ4v) is 18.4. The molecule has 1 saturated carbocycles. The molecule has 14 heterocycles. The van der Waals surface area contributed by atoms with Gasteiger partial charge in [-0.2, -0.15) is 40.8 Å². The number of likely N-dealkylation sites (tertiary alicyclic amines) is 1. The predicted octanol–water partition coefficient (Wildman–Crippen LogP) is 18.8. The van der Waals surface area contributed by atoms with E-state index in [1.165, 1.54) is 71.1 Å². The fraction of sp³-hybridized carbons (Fsp3) is 0.270. The van der Waals surface area contributed by atoms with Crippen molar-refractivity contribution in [1.82, 2.24) is 88.2 Å². The zero-order valence-electron chi connectivity index (χ0n) is 66.8. The summed E-state index contributed by atoms with van der Waals surface area (Å²) in [7, 11) is -6.73. The lowest BCUT2D eigenvalue weighted by atomic mass is 9.96. The first-order valence-electron chi connectivity index (χ1n) is 39.7. The lowest BCUT2D eigenvalue weighted by Gasteiger charge is -2.33. The standard InChI is InChI=1S/C34H35F2N5O4S.C29H27F2N5O2S.C16H17IN4.C10H7IN4/c1-34(2,3)45-33(42)39-11-9-28(10-12-39)40-20-26(17-37-40)23-5-8-32-30(18-38-41(32)19-23)25-14-22(21-46(4,43)44)13-24(15-25)29-7-6-27(35)16-31(29)36;1-39(37,38)18-19-10-21(26-4-3-24(30)13-28(26)31)12-22(11-19)27-15-34-36-16-20(2-5-29(27)36)23-14-33-35(17-23)25-6-8-32-9-7-25;17-15-9-19-21-10-12(6-7-16(15)21)13-8-18-20(11-13)14-4-2-1-3-5-14;11-9-5-14-15-6-7(1-2-10(9)15)8-3-12-13-4-8/h5-8,13-20,28H,9-12,21H2,1-4H3;2-5,10-17,25,32H,6-9,18H2,1H3;6-11,14H,1-5H2;1-6H,(H,12,13). The summed E-state index contributed by atoms with van der Waals surface area (Å²) in [6.07, 6.45) is 42.8. The number of amides is 1. The number of carbonyl (C=O) groups is 1. The Morgan fingerprint density at radius 1 is 0.421 bits per heavy atom. The van der Waals surface area contributed by atoms with Crippen LogP contribution < -0.4 is 5.32 Å². The Bertz CT molecular complexity index is 6710. The van der Waals surface area contributed by atoms with Crippen LogP contribution in [0.2, 0.25) is 0 Å². The molecule has 16 aromatic rings. The van der Waals surface area contributed by atoms with Crippen molar-refractivity contribution in [2.24, 2.45) is 0 Å². The van der Waals surface area contributed by atoms with Gasteiger partial charge in [-0.25, -0.2) is 57.3 Å². The molecule has 12 aromatic heterocycles. The average molecular weight is 1900 g/mol. The molecule has 0 bridgehead atoms. The van der Waals surface area contributed by atoms with Gasteiger partial charge in [-0.15, -0.1) is 0 Å². The van der Waals surface area contributed by atoms with Crippen LogP contribution in [0.15, 0.2) is 220 Å². The van der Waals surface area contributed by atoms with Crippen LogP contribution in [-0.4, -0.2) is 150 Å². The molecule has 0 spiro atoms. The quantitative estimate of drug-likeness (QED) is 0.0714. The Balaban J connectivity index is 0.000000129. The molecule has 0 radical (unpaired) electrons. The van der Waals surface area contributed by atoms with Gasteiger partial charge in [0.05, 0.1) is 108 Å². The van der Waals surface area contributed by atoms with Gasteiger partial charge in [0.15, 0.2) is 19.7 Å². The summed E-state index contributed by atoms with van der Waals surface area (Å²) in [6.45, 7) is 8.75. The lowest BCUT2D eigenvalue weighted by molar-refractivity contribution is 0.0184. The molecule has 19 rings (SSSR count). The Labute approximate surface area is 723 Å². The zero-order valence-corrected chi connectivity index (χ0v) is 72.8. The first kappa shape index (κ1) is 83.4. The number of rotatable bonds is 15. The number of aromatic nitrogens is 16. The van der Waals surface area contributed by atoms with E-state index in [0.717, 1.165) is 134 Å². The normalized spacial score (nSPS) is 14.6. The van der Waals surface area contributed by atoms with Gasteiger partial charge in [-0.05, 0) is 236 Å². The van der Waals surface area contributed by atoms with Crippen LogP contribution >= 0.6 is 45.2 Å². The molecule has 3 aliphatic rings. The van der Waals surface area contributed by atoms with E-state index >= 15 is 0 Å². The van der Waals surface area contributed by atoms with Gasteiger partial charge in [0.2, 0.25) is 0 Å². The summed E-state index contributed by atoms with van der Waals surface area (Å²) in [5.74, 6) is -3.26. The minimum Gasteiger partial charge on any atom is -0.444 e. The molecular weight excluding hydrogens is 1810 g/mol. The van der Waals surface area contributed by atoms with E-state index in [0.29, 0.717) is 58.6 Å². The molecule has 0 unspecified atom stereocenters. The van der Waals surface area contributed by atoms with Gasteiger partial charge in [-0.1, -0.05) is 43.5 Å². The number of pyridine rings is 4. The molecular formula is C89H86F4I2N18O6S2. The van der Waals surface area contributed by atoms with Crippen molar-refractivity contribution in [3.63, 3.8) is 0 Å². The van der Waals surface area contributed by atoms with E-state index in [4.69, 9.17) is 4.74 Å². The average Bonchev–Trinajstić information content (AvgIpc) is 1.73. The summed E-state index contributed by atoms with van der Waals surface area (Å²) in [5, 5.41) is 41.7. The third-order valence-electron chi connectivity index (χ3n) is 21.7. The highest BCUT2D eigenvalue weighted by Gasteiger charge is 2.29. The number of nitrogens with one attached hydrogen (secondary N) is 2. The second-order valence-corrected chi connectivity index (χ2v) is 38.5. The number of carbonyl (C=O) groups excluding carboxylic acids is 1. The van der Waals surface area contributed by atoms with Gasteiger partial charge >= 0.3 is 6.09 Å². The van der Waals surface area contributed by atoms with Crippen LogP contribution in [0.1, 0.15) is 108 Å². The number of benzene rings is 4. The highest BCUT2D eigenvalue weighted by molar-refractivity contribution is 14.1. The van der Waals surface area contributed by atoms with Crippen LogP contribution in [0.5, 0.6) is 0 Å². The number of hydrogen-bond donors (Lipinski definition) is 2. The summed E-state index contributed by atoms with van der Waals surface area (Å²) in [6, 6.07) is 34.4. The van der Waals surface area contributed by atoms with Gasteiger partial charge in [0.25, 0.3) is 0 Å². The Hall–Kier alpha value is -11.2. The Morgan fingerprint density at radius 3 is 1.21 bits per heavy atom. The minimum absolute atomic E-state index is 0.159. The molecule has 4 aromatic carbocycles. The minimum atomic E-state index is -3.38. The summed E-state index contributed by atoms with van der Waals surface area (Å²) in [4.78, 5) is 14.2. The highest BCUT2D eigenvalue weighted by Crippen LogP contribution is 2.39. The van der Waals surface area contributed by atoms with E-state index in [-0.39, 0.29) is 34.8 Å². The van der Waals surface area contributed by atoms with Gasteiger partial charge < -0.3 is 15.0 Å². The van der Waals surface area contributed by atoms with Crippen LogP contribution in [0.25, 0.3) is 111 Å². The van der Waals surface area contributed by atoms with Crippen LogP contribution in [0.4, 0.5) is 22.4 Å². The van der Waals surface area contributed by atoms with Gasteiger partial charge in [0.1, 0.15) is 28.9 Å². The number of aromatic amines is 1. The molecule has 1 aliphatic carbocycles. The number of fused-ring (bicyclic) bond motifs is 4. The first-order chi connectivity index (χ1) is 58.1. The maximum absolute atomic E-state index is 14.8. The van der Waals surface area contributed by atoms with Crippen molar-refractivity contribution in [2.75, 3.05) is 38.7 Å². The molecule has 32 heteroatoms. The van der Waals surface area contributed by atoms with Gasteiger partial charge in [-0.3, -0.25) is 19.1 Å². The van der Waals surface area contributed by atoms with E-state index in [1.807, 2.05) is 125 Å². The molecule has 24 nitrogen and oxygen atoms in total. The van der Waals surface area contributed by atoms with Gasteiger partial charge in [0, 0.05) is 154 Å². The van der Waals surface area contributed by atoms with Crippen molar-refractivity contribution in [1.29, 1.82) is 0 Å². The number of sulfone groups is 2. The number of ether oxygens (including phenoxy) is 1. The van der Waals surface area contributed by atoms with Crippen LogP contribution in [0.3, 0.4) is 0 Å². The monoisotopic (exact) mass is 1900 g/mol.